The third-order valence-corrected chi connectivity index (χ3v) is 4.49. The van der Waals surface area contributed by atoms with Crippen LogP contribution in [0.5, 0.6) is 5.75 Å². The third-order valence-electron chi connectivity index (χ3n) is 3.75. The molecule has 1 aliphatic rings. The lowest BCUT2D eigenvalue weighted by molar-refractivity contribution is -0.385. The van der Waals surface area contributed by atoms with Crippen LogP contribution in [0, 0.1) is 10.1 Å². The van der Waals surface area contributed by atoms with E-state index in [2.05, 4.69) is 5.10 Å². The van der Waals surface area contributed by atoms with Gasteiger partial charge in [0.2, 0.25) is 5.75 Å². The predicted octanol–water partition coefficient (Wildman–Crippen LogP) is 4.41. The zero-order valence-corrected chi connectivity index (χ0v) is 14.8. The van der Waals surface area contributed by atoms with Crippen LogP contribution in [0.3, 0.4) is 0 Å². The number of nitro benzene ring substituents is 1. The number of anilines is 1. The van der Waals surface area contributed by atoms with Gasteiger partial charge in [-0.3, -0.25) is 14.9 Å². The molecule has 0 aliphatic carbocycles. The second-order valence-corrected chi connectivity index (χ2v) is 6.25. The van der Waals surface area contributed by atoms with Crippen LogP contribution in [0.15, 0.2) is 47.1 Å². The second-order valence-electron chi connectivity index (χ2n) is 5.43. The van der Waals surface area contributed by atoms with E-state index in [1.165, 1.54) is 30.3 Å². The molecule has 1 N–H and O–H groups in total. The molecule has 0 atom stereocenters. The fourth-order valence-electron chi connectivity index (χ4n) is 2.44. The molecule has 132 valence electrons. The molecular formula is C17H11Cl2N3O4. The number of phenolic OH excluding ortho intramolecular Hbond substituents is 1. The SMILES string of the molecule is CC1=NN(c2ccc(Cl)c(Cl)c2)C(=O)/C1=C/c1cccc([N+](=O)[O-])c1O. The van der Waals surface area contributed by atoms with Crippen LogP contribution in [0.1, 0.15) is 12.5 Å². The second kappa shape index (κ2) is 6.78. The molecule has 26 heavy (non-hydrogen) atoms. The first-order valence-corrected chi connectivity index (χ1v) is 8.08. The van der Waals surface area contributed by atoms with Crippen molar-refractivity contribution >= 4 is 52.3 Å². The van der Waals surface area contributed by atoms with Crippen LogP contribution in [-0.4, -0.2) is 21.6 Å². The Balaban J connectivity index is 2.01. The number of rotatable bonds is 3. The van der Waals surface area contributed by atoms with Crippen LogP contribution >= 0.6 is 23.2 Å². The van der Waals surface area contributed by atoms with Gasteiger partial charge in [-0.05, 0) is 31.2 Å². The van der Waals surface area contributed by atoms with Gasteiger partial charge in [0.1, 0.15) is 0 Å². The Kier molecular flexibility index (Phi) is 4.67. The zero-order chi connectivity index (χ0) is 19.0. The van der Waals surface area contributed by atoms with Crippen molar-refractivity contribution in [3.05, 3.63) is 67.7 Å². The topological polar surface area (TPSA) is 96.0 Å². The van der Waals surface area contributed by atoms with Gasteiger partial charge in [-0.15, -0.1) is 0 Å². The third kappa shape index (κ3) is 3.14. The van der Waals surface area contributed by atoms with Crippen molar-refractivity contribution in [2.75, 3.05) is 5.01 Å². The fraction of sp³-hybridized carbons (Fsp3) is 0.0588. The first-order valence-electron chi connectivity index (χ1n) is 7.32. The molecule has 1 amide bonds. The van der Waals surface area contributed by atoms with Crippen LogP contribution in [0.2, 0.25) is 10.0 Å². The molecule has 2 aromatic carbocycles. The summed E-state index contributed by atoms with van der Waals surface area (Å²) in [5.41, 5.74) is 0.725. The van der Waals surface area contributed by atoms with Gasteiger partial charge in [-0.25, -0.2) is 0 Å². The van der Waals surface area contributed by atoms with Crippen molar-refractivity contribution < 1.29 is 14.8 Å². The van der Waals surface area contributed by atoms with Crippen LogP contribution < -0.4 is 5.01 Å². The number of hydrogen-bond acceptors (Lipinski definition) is 5. The minimum Gasteiger partial charge on any atom is -0.502 e. The number of amides is 1. The Labute approximate surface area is 157 Å². The lowest BCUT2D eigenvalue weighted by Crippen LogP contribution is -2.21. The standard InChI is InChI=1S/C17H11Cl2N3O4/c1-9-12(7-10-3-2-4-15(16(10)23)22(25)26)17(24)21(20-9)11-5-6-13(18)14(19)8-11/h2-8,23H,1H3/b12-7+. The van der Waals surface area contributed by atoms with Crippen LogP contribution in [0.25, 0.3) is 6.08 Å². The van der Waals surface area contributed by atoms with Crippen molar-refractivity contribution in [1.29, 1.82) is 0 Å². The van der Waals surface area contributed by atoms with Crippen molar-refractivity contribution in [2.45, 2.75) is 6.92 Å². The Hall–Kier alpha value is -2.90. The lowest BCUT2D eigenvalue weighted by atomic mass is 10.1. The average Bonchev–Trinajstić information content (AvgIpc) is 2.87. The van der Waals surface area contributed by atoms with E-state index in [-0.39, 0.29) is 16.2 Å². The van der Waals surface area contributed by atoms with Gasteiger partial charge < -0.3 is 5.11 Å². The molecule has 3 rings (SSSR count). The van der Waals surface area contributed by atoms with Gasteiger partial charge in [0.25, 0.3) is 5.91 Å². The van der Waals surface area contributed by atoms with E-state index in [0.29, 0.717) is 16.4 Å². The Morgan fingerprint density at radius 3 is 2.62 bits per heavy atom. The summed E-state index contributed by atoms with van der Waals surface area (Å²) in [6.07, 6.45) is 1.36. The van der Waals surface area contributed by atoms with Gasteiger partial charge >= 0.3 is 5.69 Å². The van der Waals surface area contributed by atoms with Gasteiger partial charge in [0.05, 0.1) is 31.9 Å². The average molecular weight is 392 g/mol. The van der Waals surface area contributed by atoms with E-state index in [4.69, 9.17) is 23.2 Å². The number of carbonyl (C=O) groups is 1. The van der Waals surface area contributed by atoms with E-state index in [0.717, 1.165) is 5.01 Å². The molecule has 1 heterocycles. The first kappa shape index (κ1) is 17.9. The maximum atomic E-state index is 12.7. The highest BCUT2D eigenvalue weighted by atomic mass is 35.5. The number of hydrazone groups is 1. The number of nitro groups is 1. The molecule has 0 aromatic heterocycles. The van der Waals surface area contributed by atoms with Crippen LogP contribution in [0.4, 0.5) is 11.4 Å². The highest BCUT2D eigenvalue weighted by Gasteiger charge is 2.29. The quantitative estimate of drug-likeness (QED) is 0.475. The summed E-state index contributed by atoms with van der Waals surface area (Å²) in [4.78, 5) is 22.9. The number of para-hydroxylation sites is 1. The number of aromatic hydroxyl groups is 1. The number of hydrogen-bond donors (Lipinski definition) is 1. The number of carbonyl (C=O) groups excluding carboxylic acids is 1. The fourth-order valence-corrected chi connectivity index (χ4v) is 2.74. The minimum atomic E-state index is -0.698. The molecule has 0 bridgehead atoms. The Bertz CT molecular complexity index is 1000. The first-order chi connectivity index (χ1) is 12.3. The lowest BCUT2D eigenvalue weighted by Gasteiger charge is -2.12. The van der Waals surface area contributed by atoms with E-state index < -0.39 is 22.3 Å². The Morgan fingerprint density at radius 2 is 1.96 bits per heavy atom. The molecule has 0 fully saturated rings. The summed E-state index contributed by atoms with van der Waals surface area (Å²) >= 11 is 11.9. The molecule has 0 unspecified atom stereocenters. The maximum Gasteiger partial charge on any atom is 0.311 e. The smallest absolute Gasteiger partial charge is 0.311 e. The van der Waals surface area contributed by atoms with Gasteiger partial charge in [0, 0.05) is 11.6 Å². The summed E-state index contributed by atoms with van der Waals surface area (Å²) < 4.78 is 0. The number of nitrogens with zero attached hydrogens (tertiary/aromatic N) is 3. The Morgan fingerprint density at radius 1 is 1.23 bits per heavy atom. The summed E-state index contributed by atoms with van der Waals surface area (Å²) in [5, 5.41) is 27.0. The number of benzene rings is 2. The number of halogens is 2. The van der Waals surface area contributed by atoms with E-state index in [1.54, 1.807) is 19.1 Å². The molecule has 0 saturated heterocycles. The predicted molar refractivity (Wildman–Crippen MR) is 99.8 cm³/mol. The molecular weight excluding hydrogens is 381 g/mol. The highest BCUT2D eigenvalue weighted by molar-refractivity contribution is 6.42. The highest BCUT2D eigenvalue weighted by Crippen LogP contribution is 2.34. The van der Waals surface area contributed by atoms with Gasteiger partial charge in [-0.1, -0.05) is 35.3 Å². The van der Waals surface area contributed by atoms with E-state index in [1.807, 2.05) is 0 Å². The number of phenols is 1. The monoisotopic (exact) mass is 391 g/mol. The summed E-state index contributed by atoms with van der Waals surface area (Å²) in [6, 6.07) is 8.72. The van der Waals surface area contributed by atoms with Crippen molar-refractivity contribution in [2.24, 2.45) is 5.10 Å². The molecule has 0 saturated carbocycles. The molecule has 0 spiro atoms. The normalized spacial score (nSPS) is 15.5. The zero-order valence-electron chi connectivity index (χ0n) is 13.3. The minimum absolute atomic E-state index is 0.146. The molecule has 1 aliphatic heterocycles. The van der Waals surface area contributed by atoms with E-state index >= 15 is 0 Å². The van der Waals surface area contributed by atoms with Gasteiger partial charge in [-0.2, -0.15) is 10.1 Å². The molecule has 9 heteroatoms. The summed E-state index contributed by atoms with van der Waals surface area (Å²) in [5.74, 6) is -0.967. The largest absolute Gasteiger partial charge is 0.502 e. The van der Waals surface area contributed by atoms with Crippen molar-refractivity contribution in [3.63, 3.8) is 0 Å². The summed E-state index contributed by atoms with van der Waals surface area (Å²) in [6.45, 7) is 1.62. The van der Waals surface area contributed by atoms with Crippen molar-refractivity contribution in [1.82, 2.24) is 0 Å². The molecule has 7 nitrogen and oxygen atoms in total. The maximum absolute atomic E-state index is 12.7. The molecule has 0 radical (unpaired) electrons. The summed E-state index contributed by atoms with van der Waals surface area (Å²) in [7, 11) is 0. The molecule has 2 aromatic rings. The van der Waals surface area contributed by atoms with Crippen molar-refractivity contribution in [3.8, 4) is 5.75 Å². The van der Waals surface area contributed by atoms with Crippen LogP contribution in [-0.2, 0) is 4.79 Å². The van der Waals surface area contributed by atoms with E-state index in [9.17, 15) is 20.0 Å². The van der Waals surface area contributed by atoms with Gasteiger partial charge in [0.15, 0.2) is 0 Å².